The number of para-hydroxylation sites is 3. The van der Waals surface area contributed by atoms with E-state index in [0.717, 1.165) is 66.3 Å². The van der Waals surface area contributed by atoms with Crippen molar-refractivity contribution in [2.45, 2.75) is 0 Å². The number of hydrogen-bond donors (Lipinski definition) is 0. The normalized spacial score (nSPS) is 11.5. The summed E-state index contributed by atoms with van der Waals surface area (Å²) in [4.78, 5) is 16.2. The van der Waals surface area contributed by atoms with Crippen molar-refractivity contribution in [1.82, 2.24) is 24.1 Å². The lowest BCUT2D eigenvalue weighted by Gasteiger charge is -2.16. The average Bonchev–Trinajstić information content (AvgIpc) is 3.87. The molecule has 0 bridgehead atoms. The van der Waals surface area contributed by atoms with Crippen molar-refractivity contribution in [1.29, 1.82) is 0 Å². The summed E-state index contributed by atoms with van der Waals surface area (Å²) < 4.78 is 4.58. The molecule has 0 N–H and O–H groups in total. The van der Waals surface area contributed by atoms with Gasteiger partial charge in [-0.2, -0.15) is 9.97 Å². The Kier molecular flexibility index (Phi) is 8.42. The smallest absolute Gasteiger partial charge is 0.238 e. The second-order valence-electron chi connectivity index (χ2n) is 15.6. The average molecular weight is 792 g/mol. The number of aromatic nitrogens is 5. The molecule has 5 heteroatoms. The van der Waals surface area contributed by atoms with Crippen LogP contribution in [0.25, 0.3) is 111 Å². The van der Waals surface area contributed by atoms with Crippen LogP contribution in [0.15, 0.2) is 224 Å². The Hall–Kier alpha value is -8.41. The molecule has 0 aliphatic heterocycles. The summed E-state index contributed by atoms with van der Waals surface area (Å²) in [6, 6.07) is 79.2. The van der Waals surface area contributed by atoms with Gasteiger partial charge in [0.2, 0.25) is 5.95 Å². The van der Waals surface area contributed by atoms with Crippen LogP contribution in [0.5, 0.6) is 0 Å². The third kappa shape index (κ3) is 5.90. The Morgan fingerprint density at radius 1 is 0.274 bits per heavy atom. The maximum atomic E-state index is 5.44. The third-order valence-electron chi connectivity index (χ3n) is 12.0. The highest BCUT2D eigenvalue weighted by Crippen LogP contribution is 2.42. The number of nitrogens with zero attached hydrogens (tertiary/aromatic N) is 5. The molecule has 0 radical (unpaired) electrons. The van der Waals surface area contributed by atoms with Crippen molar-refractivity contribution in [3.05, 3.63) is 224 Å². The van der Waals surface area contributed by atoms with E-state index in [1.54, 1.807) is 0 Å². The molecule has 290 valence electrons. The zero-order chi connectivity index (χ0) is 41.0. The largest absolute Gasteiger partial charge is 0.308 e. The maximum absolute atomic E-state index is 5.44. The van der Waals surface area contributed by atoms with Crippen LogP contribution in [0.3, 0.4) is 0 Å². The molecule has 3 heterocycles. The highest BCUT2D eigenvalue weighted by molar-refractivity contribution is 6.17. The zero-order valence-electron chi connectivity index (χ0n) is 33.6. The molecule has 3 aromatic heterocycles. The number of benzene rings is 9. The van der Waals surface area contributed by atoms with Crippen LogP contribution in [0, 0.1) is 0 Å². The van der Waals surface area contributed by atoms with Crippen LogP contribution in [0.2, 0.25) is 0 Å². The molecule has 9 aromatic carbocycles. The molecule has 0 unspecified atom stereocenters. The highest BCUT2D eigenvalue weighted by atomic mass is 15.2. The second kappa shape index (κ2) is 14.7. The van der Waals surface area contributed by atoms with Gasteiger partial charge in [-0.3, -0.25) is 4.57 Å². The first-order valence-corrected chi connectivity index (χ1v) is 21.0. The van der Waals surface area contributed by atoms with Crippen molar-refractivity contribution in [3.8, 4) is 67.8 Å². The number of rotatable bonds is 7. The molecule has 12 aromatic rings. The van der Waals surface area contributed by atoms with Gasteiger partial charge in [-0.1, -0.05) is 182 Å². The van der Waals surface area contributed by atoms with Gasteiger partial charge in [0.15, 0.2) is 11.6 Å². The fraction of sp³-hybridized carbons (Fsp3) is 0. The lowest BCUT2D eigenvalue weighted by Crippen LogP contribution is -2.08. The Bertz CT molecular complexity index is 3570. The van der Waals surface area contributed by atoms with E-state index in [1.165, 1.54) is 27.5 Å². The summed E-state index contributed by atoms with van der Waals surface area (Å²) in [6.45, 7) is 0. The predicted molar refractivity (Wildman–Crippen MR) is 256 cm³/mol. The summed E-state index contributed by atoms with van der Waals surface area (Å²) in [7, 11) is 0. The Morgan fingerprint density at radius 2 is 0.790 bits per heavy atom. The standard InChI is InChI=1S/C57H37N5/c1-4-18-38(19-5-1)41-24-16-25-43(36-41)55-58-56(60-57(59-55)62-49-30-13-10-26-45(49)46-27-11-14-31-50(46)62)48-28-12-15-32-51(48)61-52-33-17-29-44(40-22-8-3-9-23-40)54(52)47-35-34-42(37-53(47)61)39-20-6-2-7-21-39/h1-37H. The molecule has 0 fully saturated rings. The van der Waals surface area contributed by atoms with Crippen molar-refractivity contribution >= 4 is 43.6 Å². The summed E-state index contributed by atoms with van der Waals surface area (Å²) in [5.74, 6) is 1.74. The molecule has 12 rings (SSSR count). The summed E-state index contributed by atoms with van der Waals surface area (Å²) in [5, 5.41) is 4.66. The van der Waals surface area contributed by atoms with Gasteiger partial charge in [0.1, 0.15) is 0 Å². The lowest BCUT2D eigenvalue weighted by atomic mass is 9.98. The molecule has 0 amide bonds. The monoisotopic (exact) mass is 791 g/mol. The van der Waals surface area contributed by atoms with Crippen LogP contribution < -0.4 is 0 Å². The third-order valence-corrected chi connectivity index (χ3v) is 12.0. The van der Waals surface area contributed by atoms with E-state index in [2.05, 4.69) is 228 Å². The van der Waals surface area contributed by atoms with Crippen molar-refractivity contribution < 1.29 is 0 Å². The van der Waals surface area contributed by atoms with Crippen molar-refractivity contribution in [3.63, 3.8) is 0 Å². The lowest BCUT2D eigenvalue weighted by molar-refractivity contribution is 0.952. The van der Waals surface area contributed by atoms with Gasteiger partial charge in [0, 0.05) is 32.7 Å². The van der Waals surface area contributed by atoms with Crippen LogP contribution in [0.4, 0.5) is 0 Å². The Labute approximate surface area is 358 Å². The van der Waals surface area contributed by atoms with E-state index in [9.17, 15) is 0 Å². The molecule has 62 heavy (non-hydrogen) atoms. The molecule has 0 aliphatic carbocycles. The zero-order valence-corrected chi connectivity index (χ0v) is 33.6. The first-order chi connectivity index (χ1) is 30.8. The first kappa shape index (κ1) is 35.5. The van der Waals surface area contributed by atoms with Crippen LogP contribution in [-0.2, 0) is 0 Å². The molecule has 0 saturated carbocycles. The second-order valence-corrected chi connectivity index (χ2v) is 15.6. The van der Waals surface area contributed by atoms with E-state index in [4.69, 9.17) is 15.0 Å². The molecule has 0 aliphatic rings. The van der Waals surface area contributed by atoms with Gasteiger partial charge >= 0.3 is 0 Å². The van der Waals surface area contributed by atoms with Crippen LogP contribution >= 0.6 is 0 Å². The molecular formula is C57H37N5. The minimum atomic E-state index is 0.558. The Balaban J connectivity index is 1.15. The van der Waals surface area contributed by atoms with Gasteiger partial charge in [-0.05, 0) is 75.8 Å². The highest BCUT2D eigenvalue weighted by Gasteiger charge is 2.23. The molecular weight excluding hydrogens is 755 g/mol. The molecule has 0 saturated heterocycles. The fourth-order valence-corrected chi connectivity index (χ4v) is 9.17. The fourth-order valence-electron chi connectivity index (χ4n) is 9.17. The minimum Gasteiger partial charge on any atom is -0.308 e. The first-order valence-electron chi connectivity index (χ1n) is 21.0. The quantitative estimate of drug-likeness (QED) is 0.162. The summed E-state index contributed by atoms with van der Waals surface area (Å²) >= 11 is 0. The topological polar surface area (TPSA) is 48.5 Å². The van der Waals surface area contributed by atoms with Gasteiger partial charge in [0.05, 0.1) is 27.8 Å². The SMILES string of the molecule is c1ccc(-c2cccc(-c3nc(-c4ccccc4-n4c5cc(-c6ccccc6)ccc5c5c(-c6ccccc6)cccc54)nc(-n4c5ccccc5c5ccccc54)n3)c2)cc1. The minimum absolute atomic E-state index is 0.558. The predicted octanol–water partition coefficient (Wildman–Crippen LogP) is 14.4. The van der Waals surface area contributed by atoms with E-state index in [1.807, 2.05) is 6.07 Å². The van der Waals surface area contributed by atoms with Gasteiger partial charge < -0.3 is 4.57 Å². The van der Waals surface area contributed by atoms with E-state index in [-0.39, 0.29) is 0 Å². The van der Waals surface area contributed by atoms with Gasteiger partial charge in [-0.25, -0.2) is 4.98 Å². The van der Waals surface area contributed by atoms with Gasteiger partial charge in [0.25, 0.3) is 0 Å². The number of hydrogen-bond acceptors (Lipinski definition) is 3. The van der Waals surface area contributed by atoms with Gasteiger partial charge in [-0.15, -0.1) is 0 Å². The molecule has 0 atom stereocenters. The van der Waals surface area contributed by atoms with E-state index < -0.39 is 0 Å². The van der Waals surface area contributed by atoms with Crippen LogP contribution in [0.1, 0.15) is 0 Å². The molecule has 0 spiro atoms. The van der Waals surface area contributed by atoms with Crippen LogP contribution in [-0.4, -0.2) is 24.1 Å². The van der Waals surface area contributed by atoms with Crippen molar-refractivity contribution in [2.24, 2.45) is 0 Å². The summed E-state index contributed by atoms with van der Waals surface area (Å²) in [5.41, 5.74) is 14.0. The molecule has 5 nitrogen and oxygen atoms in total. The van der Waals surface area contributed by atoms with Crippen molar-refractivity contribution in [2.75, 3.05) is 0 Å². The summed E-state index contributed by atoms with van der Waals surface area (Å²) in [6.07, 6.45) is 0. The number of fused-ring (bicyclic) bond motifs is 6. The van der Waals surface area contributed by atoms with E-state index in [0.29, 0.717) is 17.6 Å². The van der Waals surface area contributed by atoms with E-state index >= 15 is 0 Å². The Morgan fingerprint density at radius 3 is 1.50 bits per heavy atom. The maximum Gasteiger partial charge on any atom is 0.238 e.